The Morgan fingerprint density at radius 1 is 1.19 bits per heavy atom. The van der Waals surface area contributed by atoms with Gasteiger partial charge in [-0.25, -0.2) is 9.48 Å². The average Bonchev–Trinajstić information content (AvgIpc) is 3.16. The lowest BCUT2D eigenvalue weighted by molar-refractivity contribution is 0.0457. The molecule has 0 radical (unpaired) electrons. The van der Waals surface area contributed by atoms with Gasteiger partial charge in [-0.1, -0.05) is 24.1 Å². The Kier molecular flexibility index (Phi) is 4.51. The van der Waals surface area contributed by atoms with Crippen molar-refractivity contribution in [3.05, 3.63) is 58.9 Å². The molecule has 0 spiro atoms. The van der Waals surface area contributed by atoms with Crippen LogP contribution in [0, 0.1) is 13.8 Å². The Morgan fingerprint density at radius 3 is 2.59 bits per heavy atom. The van der Waals surface area contributed by atoms with Crippen LogP contribution in [0.5, 0.6) is 0 Å². The minimum Gasteiger partial charge on any atom is -0.454 e. The van der Waals surface area contributed by atoms with Gasteiger partial charge in [0.15, 0.2) is 12.4 Å². The molecule has 0 atom stereocenters. The largest absolute Gasteiger partial charge is 0.454 e. The molecule has 0 unspecified atom stereocenters. The summed E-state index contributed by atoms with van der Waals surface area (Å²) in [5.41, 5.74) is 3.29. The van der Waals surface area contributed by atoms with Crippen molar-refractivity contribution in [2.75, 3.05) is 0 Å². The van der Waals surface area contributed by atoms with Crippen LogP contribution in [0.1, 0.15) is 58.4 Å². The Balaban J connectivity index is 1.46. The van der Waals surface area contributed by atoms with E-state index < -0.39 is 5.97 Å². The van der Waals surface area contributed by atoms with Crippen molar-refractivity contribution in [1.29, 1.82) is 0 Å². The van der Waals surface area contributed by atoms with Crippen LogP contribution in [0.3, 0.4) is 0 Å². The normalized spacial score (nSPS) is 14.2. The monoisotopic (exact) mass is 365 g/mol. The highest BCUT2D eigenvalue weighted by molar-refractivity contribution is 5.90. The highest BCUT2D eigenvalue weighted by Crippen LogP contribution is 2.35. The Hall–Kier alpha value is -2.96. The molecule has 1 aliphatic carbocycles. The molecule has 1 aliphatic rings. The summed E-state index contributed by atoms with van der Waals surface area (Å²) in [5.74, 6) is 1.73. The number of hydrogen-bond acceptors (Lipinski definition) is 5. The van der Waals surface area contributed by atoms with Crippen molar-refractivity contribution in [3.8, 4) is 5.69 Å². The van der Waals surface area contributed by atoms with E-state index in [2.05, 4.69) is 15.3 Å². The quantitative estimate of drug-likeness (QED) is 0.649. The molecule has 0 saturated heterocycles. The van der Waals surface area contributed by atoms with Crippen molar-refractivity contribution in [3.63, 3.8) is 0 Å². The van der Waals surface area contributed by atoms with Gasteiger partial charge in [0, 0.05) is 13.0 Å². The number of hydrogen-bond donors (Lipinski definition) is 0. The number of ether oxygens (including phenoxy) is 1. The van der Waals surface area contributed by atoms with Crippen LogP contribution >= 0.6 is 0 Å². The summed E-state index contributed by atoms with van der Waals surface area (Å²) in [5, 5.41) is 12.8. The predicted octanol–water partition coefficient (Wildman–Crippen LogP) is 3.24. The Labute approximate surface area is 158 Å². The molecule has 0 bridgehead atoms. The fourth-order valence-electron chi connectivity index (χ4n) is 3.29. The van der Waals surface area contributed by atoms with E-state index >= 15 is 0 Å². The summed E-state index contributed by atoms with van der Waals surface area (Å²) in [4.78, 5) is 12.5. The van der Waals surface area contributed by atoms with Gasteiger partial charge >= 0.3 is 5.97 Å². The molecule has 4 rings (SSSR count). The molecule has 0 N–H and O–H groups in total. The van der Waals surface area contributed by atoms with Gasteiger partial charge in [-0.2, -0.15) is 5.10 Å². The smallest absolute Gasteiger partial charge is 0.342 e. The first-order valence-corrected chi connectivity index (χ1v) is 9.21. The van der Waals surface area contributed by atoms with E-state index in [4.69, 9.17) is 4.74 Å². The van der Waals surface area contributed by atoms with E-state index in [-0.39, 0.29) is 6.61 Å². The van der Waals surface area contributed by atoms with Gasteiger partial charge < -0.3 is 9.30 Å². The molecular weight excluding hydrogens is 342 g/mol. The van der Waals surface area contributed by atoms with E-state index in [9.17, 15) is 4.79 Å². The number of aromatic nitrogens is 5. The van der Waals surface area contributed by atoms with Crippen LogP contribution in [-0.4, -0.2) is 30.5 Å². The van der Waals surface area contributed by atoms with Crippen LogP contribution in [0.15, 0.2) is 30.5 Å². The molecule has 2 aromatic heterocycles. The second-order valence-electron chi connectivity index (χ2n) is 7.13. The summed E-state index contributed by atoms with van der Waals surface area (Å²) in [6, 6.07) is 7.99. The Bertz CT molecular complexity index is 967. The summed E-state index contributed by atoms with van der Waals surface area (Å²) >= 11 is 0. The minimum atomic E-state index is -0.404. The summed E-state index contributed by atoms with van der Waals surface area (Å²) in [6.07, 6.45) is 5.10. The molecule has 0 amide bonds. The molecular formula is C20H23N5O2. The first-order chi connectivity index (χ1) is 13.0. The summed E-state index contributed by atoms with van der Waals surface area (Å²) < 4.78 is 9.16. The van der Waals surface area contributed by atoms with Gasteiger partial charge in [-0.3, -0.25) is 0 Å². The average molecular weight is 365 g/mol. The molecule has 3 aromatic rings. The zero-order valence-corrected chi connectivity index (χ0v) is 15.8. The van der Waals surface area contributed by atoms with Crippen LogP contribution in [0.2, 0.25) is 0 Å². The maximum absolute atomic E-state index is 12.5. The third kappa shape index (κ3) is 3.25. The van der Waals surface area contributed by atoms with Gasteiger partial charge in [0.05, 0.1) is 17.6 Å². The number of nitrogens with zero attached hydrogens (tertiary/aromatic N) is 5. The second-order valence-corrected chi connectivity index (χ2v) is 7.13. The van der Waals surface area contributed by atoms with Crippen LogP contribution < -0.4 is 0 Å². The van der Waals surface area contributed by atoms with E-state index in [0.29, 0.717) is 17.3 Å². The van der Waals surface area contributed by atoms with E-state index in [1.807, 2.05) is 49.7 Å². The molecule has 27 heavy (non-hydrogen) atoms. The predicted molar refractivity (Wildman–Crippen MR) is 99.8 cm³/mol. The Morgan fingerprint density at radius 2 is 1.93 bits per heavy atom. The highest BCUT2D eigenvalue weighted by atomic mass is 16.5. The van der Waals surface area contributed by atoms with Crippen molar-refractivity contribution in [1.82, 2.24) is 24.5 Å². The van der Waals surface area contributed by atoms with E-state index in [0.717, 1.165) is 30.0 Å². The lowest BCUT2D eigenvalue weighted by Gasteiger charge is -2.24. The lowest BCUT2D eigenvalue weighted by atomic mass is 9.85. The fourth-order valence-corrected chi connectivity index (χ4v) is 3.29. The van der Waals surface area contributed by atoms with E-state index in [1.165, 1.54) is 12.0 Å². The molecule has 0 aliphatic heterocycles. The number of rotatable bonds is 5. The van der Waals surface area contributed by atoms with Gasteiger partial charge in [0.2, 0.25) is 0 Å². The van der Waals surface area contributed by atoms with Crippen LogP contribution in [0.4, 0.5) is 0 Å². The zero-order chi connectivity index (χ0) is 19.0. The van der Waals surface area contributed by atoms with Crippen molar-refractivity contribution in [2.24, 2.45) is 7.05 Å². The van der Waals surface area contributed by atoms with Crippen LogP contribution in [-0.2, 0) is 18.4 Å². The zero-order valence-electron chi connectivity index (χ0n) is 15.8. The van der Waals surface area contributed by atoms with Gasteiger partial charge in [0.25, 0.3) is 0 Å². The first-order valence-electron chi connectivity index (χ1n) is 9.21. The van der Waals surface area contributed by atoms with Crippen LogP contribution in [0.25, 0.3) is 5.69 Å². The number of carbonyl (C=O) groups excluding carboxylic acids is 1. The van der Waals surface area contributed by atoms with Crippen molar-refractivity contribution in [2.45, 2.75) is 45.6 Å². The topological polar surface area (TPSA) is 74.8 Å². The van der Waals surface area contributed by atoms with Crippen molar-refractivity contribution >= 4 is 5.97 Å². The van der Waals surface area contributed by atoms with Crippen molar-refractivity contribution < 1.29 is 9.53 Å². The van der Waals surface area contributed by atoms with E-state index in [1.54, 1.807) is 10.9 Å². The SMILES string of the molecule is Cc1ccc(-n2ncc(C(=O)OCc3nnc(C4CCC4)n3C)c2C)cc1. The molecule has 7 nitrogen and oxygen atoms in total. The molecule has 1 fully saturated rings. The number of benzene rings is 1. The summed E-state index contributed by atoms with van der Waals surface area (Å²) in [7, 11) is 1.93. The highest BCUT2D eigenvalue weighted by Gasteiger charge is 2.25. The lowest BCUT2D eigenvalue weighted by Crippen LogP contribution is -2.15. The van der Waals surface area contributed by atoms with Gasteiger partial charge in [0.1, 0.15) is 11.4 Å². The minimum absolute atomic E-state index is 0.101. The van der Waals surface area contributed by atoms with Gasteiger partial charge in [-0.05, 0) is 38.8 Å². The number of esters is 1. The first kappa shape index (κ1) is 17.5. The maximum atomic E-state index is 12.5. The third-order valence-electron chi connectivity index (χ3n) is 5.31. The molecule has 2 heterocycles. The molecule has 7 heteroatoms. The second kappa shape index (κ2) is 6.98. The van der Waals surface area contributed by atoms with Gasteiger partial charge in [-0.15, -0.1) is 10.2 Å². The standard InChI is InChI=1S/C20H23N5O2/c1-13-7-9-16(10-8-13)25-14(2)17(11-21-25)20(26)27-12-18-22-23-19(24(18)3)15-5-4-6-15/h7-11,15H,4-6,12H2,1-3H3. The fraction of sp³-hybridized carbons (Fsp3) is 0.400. The molecule has 140 valence electrons. The number of aryl methyl sites for hydroxylation is 1. The number of carbonyl (C=O) groups is 1. The third-order valence-corrected chi connectivity index (χ3v) is 5.31. The summed E-state index contributed by atoms with van der Waals surface area (Å²) in [6.45, 7) is 4.00. The molecule has 1 saturated carbocycles. The maximum Gasteiger partial charge on any atom is 0.342 e. The molecule has 1 aromatic carbocycles.